The molecule has 0 aromatic carbocycles. The van der Waals surface area contributed by atoms with Crippen molar-refractivity contribution in [3.8, 4) is 0 Å². The van der Waals surface area contributed by atoms with E-state index in [-0.39, 0.29) is 5.60 Å². The molecule has 0 amide bonds. The average molecular weight is 197 g/mol. The summed E-state index contributed by atoms with van der Waals surface area (Å²) in [7, 11) is 0. The van der Waals surface area contributed by atoms with Crippen molar-refractivity contribution in [1.29, 1.82) is 0 Å². The van der Waals surface area contributed by atoms with Gasteiger partial charge in [0.25, 0.3) is 0 Å². The molecule has 2 aliphatic rings. The van der Waals surface area contributed by atoms with Crippen molar-refractivity contribution in [1.82, 2.24) is 5.32 Å². The fourth-order valence-corrected chi connectivity index (χ4v) is 2.92. The van der Waals surface area contributed by atoms with Gasteiger partial charge in [-0.3, -0.25) is 0 Å². The van der Waals surface area contributed by atoms with E-state index in [0.717, 1.165) is 18.6 Å². The van der Waals surface area contributed by atoms with Gasteiger partial charge in [-0.2, -0.15) is 0 Å². The first-order valence-corrected chi connectivity index (χ1v) is 6.03. The third-order valence-electron chi connectivity index (χ3n) is 3.58. The molecule has 14 heavy (non-hydrogen) atoms. The molecule has 2 unspecified atom stereocenters. The minimum absolute atomic E-state index is 0.127. The number of hydrogen-bond acceptors (Lipinski definition) is 2. The Bertz CT molecular complexity index is 185. The average Bonchev–Trinajstić information content (AvgIpc) is 2.54. The van der Waals surface area contributed by atoms with Gasteiger partial charge >= 0.3 is 0 Å². The monoisotopic (exact) mass is 197 g/mol. The number of hydrogen-bond donors (Lipinski definition) is 1. The van der Waals surface area contributed by atoms with Crippen LogP contribution in [0.2, 0.25) is 0 Å². The molecule has 2 fully saturated rings. The maximum Gasteiger partial charge on any atom is 0.0629 e. The normalized spacial score (nSPS) is 37.3. The highest BCUT2D eigenvalue weighted by molar-refractivity contribution is 4.83. The van der Waals surface area contributed by atoms with Crippen LogP contribution in [0.15, 0.2) is 0 Å². The van der Waals surface area contributed by atoms with Gasteiger partial charge in [-0.05, 0) is 58.4 Å². The molecule has 0 aromatic rings. The highest BCUT2D eigenvalue weighted by Gasteiger charge is 2.30. The van der Waals surface area contributed by atoms with Gasteiger partial charge in [0.1, 0.15) is 0 Å². The first-order chi connectivity index (χ1) is 6.66. The van der Waals surface area contributed by atoms with Crippen LogP contribution in [0.1, 0.15) is 46.0 Å². The Morgan fingerprint density at radius 1 is 1.36 bits per heavy atom. The molecule has 0 spiro atoms. The van der Waals surface area contributed by atoms with Gasteiger partial charge in [0, 0.05) is 12.6 Å². The maximum atomic E-state index is 5.74. The first-order valence-electron chi connectivity index (χ1n) is 6.03. The third-order valence-corrected chi connectivity index (χ3v) is 3.58. The van der Waals surface area contributed by atoms with Crippen molar-refractivity contribution in [2.45, 2.75) is 57.6 Å². The second-order valence-electron chi connectivity index (χ2n) is 5.50. The van der Waals surface area contributed by atoms with E-state index in [9.17, 15) is 0 Å². The molecular weight excluding hydrogens is 174 g/mol. The molecule has 2 saturated heterocycles. The maximum absolute atomic E-state index is 5.74. The lowest BCUT2D eigenvalue weighted by Crippen LogP contribution is -2.36. The second-order valence-corrected chi connectivity index (χ2v) is 5.50. The quantitative estimate of drug-likeness (QED) is 0.733. The van der Waals surface area contributed by atoms with Gasteiger partial charge in [-0.15, -0.1) is 0 Å². The van der Waals surface area contributed by atoms with Crippen LogP contribution in [0.5, 0.6) is 0 Å². The van der Waals surface area contributed by atoms with Crippen molar-refractivity contribution in [3.05, 3.63) is 0 Å². The van der Waals surface area contributed by atoms with Crippen LogP contribution < -0.4 is 5.32 Å². The van der Waals surface area contributed by atoms with E-state index < -0.39 is 0 Å². The van der Waals surface area contributed by atoms with Crippen LogP contribution in [-0.4, -0.2) is 24.8 Å². The fraction of sp³-hybridized carbons (Fsp3) is 1.00. The van der Waals surface area contributed by atoms with E-state index >= 15 is 0 Å². The molecule has 82 valence electrons. The van der Waals surface area contributed by atoms with Crippen molar-refractivity contribution in [3.63, 3.8) is 0 Å². The molecule has 2 nitrogen and oxygen atoms in total. The molecule has 2 heteroatoms. The molecule has 0 radical (unpaired) electrons. The molecule has 0 saturated carbocycles. The van der Waals surface area contributed by atoms with Gasteiger partial charge in [0.15, 0.2) is 0 Å². The smallest absolute Gasteiger partial charge is 0.0629 e. The predicted molar refractivity (Wildman–Crippen MR) is 58.4 cm³/mol. The van der Waals surface area contributed by atoms with E-state index in [1.165, 1.54) is 38.6 Å². The summed E-state index contributed by atoms with van der Waals surface area (Å²) in [5.41, 5.74) is 0.127. The summed E-state index contributed by atoms with van der Waals surface area (Å²) in [6.45, 7) is 6.64. The van der Waals surface area contributed by atoms with Gasteiger partial charge in [0.2, 0.25) is 0 Å². The van der Waals surface area contributed by atoms with Crippen LogP contribution in [-0.2, 0) is 4.74 Å². The van der Waals surface area contributed by atoms with E-state index in [2.05, 4.69) is 19.2 Å². The molecule has 2 aliphatic heterocycles. The standard InChI is InChI=1S/C12H23NO/c1-12(2)9-10(5-7-14-12)8-11-4-3-6-13-11/h10-11,13H,3-9H2,1-2H3. The van der Waals surface area contributed by atoms with Gasteiger partial charge in [-0.25, -0.2) is 0 Å². The Morgan fingerprint density at radius 3 is 2.86 bits per heavy atom. The van der Waals surface area contributed by atoms with Crippen LogP contribution in [0.25, 0.3) is 0 Å². The molecule has 0 aromatic heterocycles. The van der Waals surface area contributed by atoms with Crippen LogP contribution >= 0.6 is 0 Å². The molecule has 2 heterocycles. The topological polar surface area (TPSA) is 21.3 Å². The van der Waals surface area contributed by atoms with Crippen molar-refractivity contribution >= 4 is 0 Å². The lowest BCUT2D eigenvalue weighted by atomic mass is 9.84. The summed E-state index contributed by atoms with van der Waals surface area (Å²) in [6, 6.07) is 0.800. The highest BCUT2D eigenvalue weighted by Crippen LogP contribution is 2.32. The summed E-state index contributed by atoms with van der Waals surface area (Å²) in [4.78, 5) is 0. The molecule has 2 rings (SSSR count). The summed E-state index contributed by atoms with van der Waals surface area (Å²) < 4.78 is 5.74. The highest BCUT2D eigenvalue weighted by atomic mass is 16.5. The van der Waals surface area contributed by atoms with Crippen LogP contribution in [0.3, 0.4) is 0 Å². The van der Waals surface area contributed by atoms with E-state index in [4.69, 9.17) is 4.74 Å². The summed E-state index contributed by atoms with van der Waals surface area (Å²) in [5, 5.41) is 3.59. The SMILES string of the molecule is CC1(C)CC(CC2CCCN2)CCO1. The van der Waals surface area contributed by atoms with Crippen molar-refractivity contribution < 1.29 is 4.74 Å². The Kier molecular flexibility index (Phi) is 3.13. The third kappa shape index (κ3) is 2.71. The lowest BCUT2D eigenvalue weighted by Gasteiger charge is -2.36. The number of nitrogens with one attached hydrogen (secondary N) is 1. The Balaban J connectivity index is 1.79. The van der Waals surface area contributed by atoms with Gasteiger partial charge in [0.05, 0.1) is 5.60 Å². The van der Waals surface area contributed by atoms with Crippen LogP contribution in [0, 0.1) is 5.92 Å². The van der Waals surface area contributed by atoms with Crippen LogP contribution in [0.4, 0.5) is 0 Å². The summed E-state index contributed by atoms with van der Waals surface area (Å²) >= 11 is 0. The summed E-state index contributed by atoms with van der Waals surface area (Å²) in [6.07, 6.45) is 6.63. The zero-order chi connectivity index (χ0) is 10.0. The number of rotatable bonds is 2. The minimum Gasteiger partial charge on any atom is -0.376 e. The largest absolute Gasteiger partial charge is 0.376 e. The zero-order valence-electron chi connectivity index (χ0n) is 9.51. The Labute approximate surface area is 87.4 Å². The van der Waals surface area contributed by atoms with Gasteiger partial charge < -0.3 is 10.1 Å². The molecule has 2 atom stereocenters. The molecule has 0 bridgehead atoms. The van der Waals surface area contributed by atoms with Gasteiger partial charge in [-0.1, -0.05) is 0 Å². The Hall–Kier alpha value is -0.0800. The first kappa shape index (κ1) is 10.4. The van der Waals surface area contributed by atoms with E-state index in [1.54, 1.807) is 0 Å². The van der Waals surface area contributed by atoms with Crippen molar-refractivity contribution in [2.75, 3.05) is 13.2 Å². The second kappa shape index (κ2) is 4.19. The van der Waals surface area contributed by atoms with Crippen molar-refractivity contribution in [2.24, 2.45) is 5.92 Å². The zero-order valence-corrected chi connectivity index (χ0v) is 9.51. The van der Waals surface area contributed by atoms with E-state index in [1.807, 2.05) is 0 Å². The lowest BCUT2D eigenvalue weighted by molar-refractivity contribution is -0.0745. The Morgan fingerprint density at radius 2 is 2.21 bits per heavy atom. The molecular formula is C12H23NO. The number of ether oxygens (including phenoxy) is 1. The predicted octanol–water partition coefficient (Wildman–Crippen LogP) is 2.33. The molecule has 0 aliphatic carbocycles. The van der Waals surface area contributed by atoms with E-state index in [0.29, 0.717) is 0 Å². The molecule has 1 N–H and O–H groups in total. The fourth-order valence-electron chi connectivity index (χ4n) is 2.92. The minimum atomic E-state index is 0.127. The summed E-state index contributed by atoms with van der Waals surface area (Å²) in [5.74, 6) is 0.884.